The molecule has 132 valence electrons. The number of halogens is 3. The Balaban J connectivity index is 1.60. The zero-order valence-electron chi connectivity index (χ0n) is 13.1. The van der Waals surface area contributed by atoms with Crippen molar-refractivity contribution in [1.29, 1.82) is 0 Å². The number of alkyl halides is 3. The largest absolute Gasteiger partial charge is 0.487 e. The number of thiazole rings is 1. The zero-order chi connectivity index (χ0) is 18.3. The summed E-state index contributed by atoms with van der Waals surface area (Å²) in [4.78, 5) is 17.6. The van der Waals surface area contributed by atoms with E-state index in [1.165, 1.54) is 23.5 Å². The van der Waals surface area contributed by atoms with Crippen molar-refractivity contribution in [2.75, 3.05) is 5.32 Å². The number of nitrogens with zero attached hydrogens (tertiary/aromatic N) is 1. The van der Waals surface area contributed by atoms with Crippen LogP contribution in [0.25, 0.3) is 11.3 Å². The molecular weight excluding hydrogens is 365 g/mol. The molecule has 3 aromatic rings. The van der Waals surface area contributed by atoms with Crippen LogP contribution in [0.4, 0.5) is 18.3 Å². The van der Waals surface area contributed by atoms with Gasteiger partial charge in [0.25, 0.3) is 5.91 Å². The third-order valence-corrected chi connectivity index (χ3v) is 4.82. The van der Waals surface area contributed by atoms with E-state index in [1.807, 2.05) is 24.3 Å². The molecule has 1 N–H and O–H groups in total. The van der Waals surface area contributed by atoms with Gasteiger partial charge in [0, 0.05) is 11.1 Å². The Morgan fingerprint density at radius 3 is 2.77 bits per heavy atom. The third-order valence-electron chi connectivity index (χ3n) is 3.87. The van der Waals surface area contributed by atoms with Crippen LogP contribution in [-0.2, 0) is 12.8 Å². The van der Waals surface area contributed by atoms with E-state index in [9.17, 15) is 18.0 Å². The molecule has 0 bridgehead atoms. The van der Waals surface area contributed by atoms with Crippen molar-refractivity contribution in [3.05, 3.63) is 64.5 Å². The van der Waals surface area contributed by atoms with Crippen molar-refractivity contribution in [2.45, 2.75) is 12.8 Å². The minimum atomic E-state index is -4.50. The van der Waals surface area contributed by atoms with Gasteiger partial charge in [-0.15, -0.1) is 0 Å². The SMILES string of the molecule is O=C(Nc1nc2c(s1)COc1ccccc1-2)c1cccc(C(F)(F)F)c1. The van der Waals surface area contributed by atoms with E-state index >= 15 is 0 Å². The molecule has 8 heteroatoms. The molecular formula is C18H11F3N2O2S. The highest BCUT2D eigenvalue weighted by Gasteiger charge is 2.31. The number of carbonyl (C=O) groups is 1. The molecule has 0 fully saturated rings. The molecule has 1 aliphatic rings. The van der Waals surface area contributed by atoms with Crippen LogP contribution < -0.4 is 10.1 Å². The first kappa shape index (κ1) is 16.6. The van der Waals surface area contributed by atoms with E-state index < -0.39 is 17.6 Å². The van der Waals surface area contributed by atoms with E-state index in [0.717, 1.165) is 28.3 Å². The Labute approximate surface area is 150 Å². The quantitative estimate of drug-likeness (QED) is 0.687. The number of ether oxygens (including phenoxy) is 1. The molecule has 2 heterocycles. The lowest BCUT2D eigenvalue weighted by Gasteiger charge is -2.15. The van der Waals surface area contributed by atoms with Crippen LogP contribution in [0.2, 0.25) is 0 Å². The molecule has 2 aromatic carbocycles. The third kappa shape index (κ3) is 3.03. The maximum absolute atomic E-state index is 12.8. The summed E-state index contributed by atoms with van der Waals surface area (Å²) in [6.45, 7) is 0.337. The van der Waals surface area contributed by atoms with Crippen LogP contribution in [0.15, 0.2) is 48.5 Å². The molecule has 1 aliphatic heterocycles. The Hall–Kier alpha value is -2.87. The number of hydrogen-bond acceptors (Lipinski definition) is 4. The highest BCUT2D eigenvalue weighted by atomic mass is 32.1. The minimum Gasteiger partial charge on any atom is -0.487 e. The molecule has 0 saturated heterocycles. The number of hydrogen-bond donors (Lipinski definition) is 1. The van der Waals surface area contributed by atoms with Gasteiger partial charge in [0.05, 0.1) is 16.1 Å². The number of aromatic nitrogens is 1. The normalized spacial score (nSPS) is 12.7. The fourth-order valence-electron chi connectivity index (χ4n) is 2.65. The molecule has 0 saturated carbocycles. The van der Waals surface area contributed by atoms with Gasteiger partial charge >= 0.3 is 6.18 Å². The summed E-state index contributed by atoms with van der Waals surface area (Å²) in [5, 5.41) is 2.89. The second-order valence-corrected chi connectivity index (χ2v) is 6.69. The predicted molar refractivity (Wildman–Crippen MR) is 91.3 cm³/mol. The molecule has 0 aliphatic carbocycles. The van der Waals surface area contributed by atoms with Crippen molar-refractivity contribution >= 4 is 22.4 Å². The van der Waals surface area contributed by atoms with Crippen molar-refractivity contribution in [3.63, 3.8) is 0 Å². The fraction of sp³-hybridized carbons (Fsp3) is 0.111. The van der Waals surface area contributed by atoms with Crippen LogP contribution in [0.3, 0.4) is 0 Å². The lowest BCUT2D eigenvalue weighted by Crippen LogP contribution is -2.13. The molecule has 1 amide bonds. The van der Waals surface area contributed by atoms with Gasteiger partial charge in [-0.05, 0) is 30.3 Å². The van der Waals surface area contributed by atoms with E-state index in [1.54, 1.807) is 0 Å². The van der Waals surface area contributed by atoms with Crippen LogP contribution in [0.1, 0.15) is 20.8 Å². The number of carbonyl (C=O) groups excluding carboxylic acids is 1. The second kappa shape index (κ2) is 6.14. The van der Waals surface area contributed by atoms with Gasteiger partial charge in [0.1, 0.15) is 12.4 Å². The standard InChI is InChI=1S/C18H11F3N2O2S/c19-18(20,21)11-5-3-4-10(8-11)16(24)23-17-22-15-12-6-1-2-7-13(12)25-9-14(15)26-17/h1-8H,9H2,(H,22,23,24). The fourth-order valence-corrected chi connectivity index (χ4v) is 3.54. The molecule has 4 rings (SSSR count). The number of nitrogens with one attached hydrogen (secondary N) is 1. The van der Waals surface area contributed by atoms with Crippen molar-refractivity contribution in [1.82, 2.24) is 4.98 Å². The average molecular weight is 376 g/mol. The summed E-state index contributed by atoms with van der Waals surface area (Å²) >= 11 is 1.24. The van der Waals surface area contributed by atoms with Crippen LogP contribution >= 0.6 is 11.3 Å². The van der Waals surface area contributed by atoms with Gasteiger partial charge in [-0.2, -0.15) is 13.2 Å². The Morgan fingerprint density at radius 1 is 1.15 bits per heavy atom. The van der Waals surface area contributed by atoms with Gasteiger partial charge in [-0.25, -0.2) is 4.98 Å². The molecule has 0 atom stereocenters. The summed E-state index contributed by atoms with van der Waals surface area (Å²) in [6, 6.07) is 11.7. The maximum Gasteiger partial charge on any atom is 0.416 e. The zero-order valence-corrected chi connectivity index (χ0v) is 13.9. The van der Waals surface area contributed by atoms with Crippen molar-refractivity contribution in [2.24, 2.45) is 0 Å². The summed E-state index contributed by atoms with van der Waals surface area (Å²) in [5.74, 6) is 0.0671. The number of amides is 1. The molecule has 0 spiro atoms. The number of rotatable bonds is 2. The number of fused-ring (bicyclic) bond motifs is 3. The van der Waals surface area contributed by atoms with Crippen LogP contribution in [0.5, 0.6) is 5.75 Å². The first-order chi connectivity index (χ1) is 12.4. The molecule has 0 unspecified atom stereocenters. The Bertz CT molecular complexity index is 998. The summed E-state index contributed by atoms with van der Waals surface area (Å²) in [7, 11) is 0. The lowest BCUT2D eigenvalue weighted by molar-refractivity contribution is -0.137. The van der Waals surface area contributed by atoms with E-state index in [-0.39, 0.29) is 5.56 Å². The highest BCUT2D eigenvalue weighted by molar-refractivity contribution is 7.16. The smallest absolute Gasteiger partial charge is 0.416 e. The molecule has 4 nitrogen and oxygen atoms in total. The highest BCUT2D eigenvalue weighted by Crippen LogP contribution is 2.40. The maximum atomic E-state index is 12.8. The topological polar surface area (TPSA) is 51.2 Å². The monoisotopic (exact) mass is 376 g/mol. The van der Waals surface area contributed by atoms with Gasteiger partial charge < -0.3 is 4.74 Å². The van der Waals surface area contributed by atoms with Gasteiger partial charge in [0.2, 0.25) is 0 Å². The predicted octanol–water partition coefficient (Wildman–Crippen LogP) is 4.97. The summed E-state index contributed by atoms with van der Waals surface area (Å²) in [6.07, 6.45) is -4.50. The van der Waals surface area contributed by atoms with Crippen LogP contribution in [0, 0.1) is 0 Å². The first-order valence-corrected chi connectivity index (χ1v) is 8.44. The number of anilines is 1. The molecule has 1 aromatic heterocycles. The summed E-state index contributed by atoms with van der Waals surface area (Å²) < 4.78 is 44.0. The van der Waals surface area contributed by atoms with Crippen molar-refractivity contribution < 1.29 is 22.7 Å². The van der Waals surface area contributed by atoms with Gasteiger partial charge in [-0.3, -0.25) is 10.1 Å². The molecule has 0 radical (unpaired) electrons. The van der Waals surface area contributed by atoms with E-state index in [2.05, 4.69) is 10.3 Å². The number of benzene rings is 2. The molecule has 26 heavy (non-hydrogen) atoms. The van der Waals surface area contributed by atoms with Gasteiger partial charge in [-0.1, -0.05) is 29.5 Å². The Kier molecular flexibility index (Phi) is 3.91. The number of para-hydroxylation sites is 1. The van der Waals surface area contributed by atoms with Crippen molar-refractivity contribution in [3.8, 4) is 17.0 Å². The lowest BCUT2D eigenvalue weighted by atomic mass is 10.1. The summed E-state index contributed by atoms with van der Waals surface area (Å²) in [5.41, 5.74) is 0.594. The minimum absolute atomic E-state index is 0.0790. The Morgan fingerprint density at radius 2 is 1.96 bits per heavy atom. The van der Waals surface area contributed by atoms with E-state index in [0.29, 0.717) is 17.5 Å². The second-order valence-electron chi connectivity index (χ2n) is 5.61. The first-order valence-electron chi connectivity index (χ1n) is 7.62. The average Bonchev–Trinajstić information content (AvgIpc) is 3.04. The van der Waals surface area contributed by atoms with Crippen LogP contribution in [-0.4, -0.2) is 10.9 Å². The van der Waals surface area contributed by atoms with E-state index in [4.69, 9.17) is 4.74 Å². The van der Waals surface area contributed by atoms with Gasteiger partial charge in [0.15, 0.2) is 5.13 Å².